The standard InChI is InChI=1S/C19H15N3O2S/c23-16-8-6-14(7-9-16)10-15-12-25-19-20-18(24)17(21-22(15)19)11-13-4-2-1-3-5-13/h1-9,12,23H,10-11H2. The normalized spacial score (nSPS) is 11.0. The minimum absolute atomic E-state index is 0.243. The molecule has 0 bridgehead atoms. The third kappa shape index (κ3) is 3.29. The minimum atomic E-state index is -0.276. The Hall–Kier alpha value is -2.99. The van der Waals surface area contributed by atoms with Crippen molar-refractivity contribution >= 4 is 16.3 Å². The van der Waals surface area contributed by atoms with Gasteiger partial charge in [-0.3, -0.25) is 4.79 Å². The SMILES string of the molecule is O=c1nc2scc(Cc3ccc(O)cc3)n2nc1Cc1ccccc1. The molecule has 25 heavy (non-hydrogen) atoms. The van der Waals surface area contributed by atoms with Gasteiger partial charge < -0.3 is 5.11 Å². The van der Waals surface area contributed by atoms with E-state index in [-0.39, 0.29) is 11.3 Å². The highest BCUT2D eigenvalue weighted by Crippen LogP contribution is 2.18. The van der Waals surface area contributed by atoms with Crippen molar-refractivity contribution in [3.8, 4) is 5.75 Å². The van der Waals surface area contributed by atoms with Gasteiger partial charge in [0.05, 0.1) is 5.69 Å². The van der Waals surface area contributed by atoms with E-state index in [4.69, 9.17) is 0 Å². The van der Waals surface area contributed by atoms with Crippen LogP contribution < -0.4 is 5.56 Å². The van der Waals surface area contributed by atoms with Crippen molar-refractivity contribution in [2.24, 2.45) is 0 Å². The Kier molecular flexibility index (Phi) is 4.03. The quantitative estimate of drug-likeness (QED) is 0.615. The molecule has 0 saturated carbocycles. The van der Waals surface area contributed by atoms with Gasteiger partial charge in [-0.15, -0.1) is 11.3 Å². The zero-order chi connectivity index (χ0) is 17.2. The van der Waals surface area contributed by atoms with Gasteiger partial charge in [-0.25, -0.2) is 4.52 Å². The summed E-state index contributed by atoms with van der Waals surface area (Å²) in [6, 6.07) is 16.9. The Morgan fingerprint density at radius 1 is 0.960 bits per heavy atom. The van der Waals surface area contributed by atoms with Crippen LogP contribution in [0.25, 0.3) is 4.96 Å². The zero-order valence-electron chi connectivity index (χ0n) is 13.3. The number of thiazole rings is 1. The first kappa shape index (κ1) is 15.5. The Morgan fingerprint density at radius 3 is 2.44 bits per heavy atom. The average Bonchev–Trinajstić information content (AvgIpc) is 3.00. The zero-order valence-corrected chi connectivity index (χ0v) is 14.1. The molecule has 6 heteroatoms. The fourth-order valence-electron chi connectivity index (χ4n) is 2.68. The maximum Gasteiger partial charge on any atom is 0.296 e. The maximum atomic E-state index is 12.2. The first-order valence-corrected chi connectivity index (χ1v) is 8.75. The molecule has 0 aliphatic heterocycles. The van der Waals surface area contributed by atoms with Crippen LogP contribution in [0.4, 0.5) is 0 Å². The summed E-state index contributed by atoms with van der Waals surface area (Å²) in [7, 11) is 0. The lowest BCUT2D eigenvalue weighted by atomic mass is 10.1. The van der Waals surface area contributed by atoms with Gasteiger partial charge in [-0.05, 0) is 23.3 Å². The van der Waals surface area contributed by atoms with Crippen LogP contribution in [-0.2, 0) is 12.8 Å². The summed E-state index contributed by atoms with van der Waals surface area (Å²) in [4.78, 5) is 17.0. The number of aromatic hydroxyl groups is 1. The summed E-state index contributed by atoms with van der Waals surface area (Å²) in [6.07, 6.45) is 1.12. The number of rotatable bonds is 4. The summed E-state index contributed by atoms with van der Waals surface area (Å²) in [5.74, 6) is 0.243. The van der Waals surface area contributed by atoms with Gasteiger partial charge in [0.2, 0.25) is 4.96 Å². The molecule has 5 nitrogen and oxygen atoms in total. The number of benzene rings is 2. The highest BCUT2D eigenvalue weighted by molar-refractivity contribution is 7.15. The molecule has 4 rings (SSSR count). The molecule has 0 amide bonds. The lowest BCUT2D eigenvalue weighted by Crippen LogP contribution is -2.19. The highest BCUT2D eigenvalue weighted by atomic mass is 32.1. The van der Waals surface area contributed by atoms with Crippen LogP contribution in [-0.4, -0.2) is 19.7 Å². The Bertz CT molecular complexity index is 1070. The van der Waals surface area contributed by atoms with Gasteiger partial charge in [0.1, 0.15) is 11.4 Å². The second-order valence-electron chi connectivity index (χ2n) is 5.79. The number of hydrogen-bond acceptors (Lipinski definition) is 5. The molecule has 0 radical (unpaired) electrons. The second-order valence-corrected chi connectivity index (χ2v) is 6.63. The van der Waals surface area contributed by atoms with Crippen molar-refractivity contribution in [3.05, 3.63) is 92.8 Å². The summed E-state index contributed by atoms with van der Waals surface area (Å²) < 4.78 is 1.75. The highest BCUT2D eigenvalue weighted by Gasteiger charge is 2.11. The summed E-state index contributed by atoms with van der Waals surface area (Å²) in [5.41, 5.74) is 3.22. The lowest BCUT2D eigenvalue weighted by Gasteiger charge is -2.04. The molecular formula is C19H15N3O2S. The van der Waals surface area contributed by atoms with E-state index in [0.29, 0.717) is 23.5 Å². The fourth-order valence-corrected chi connectivity index (χ4v) is 3.50. The Labute approximate surface area is 147 Å². The van der Waals surface area contributed by atoms with Crippen LogP contribution >= 0.6 is 11.3 Å². The lowest BCUT2D eigenvalue weighted by molar-refractivity contribution is 0.475. The van der Waals surface area contributed by atoms with E-state index in [9.17, 15) is 9.90 Å². The number of phenols is 1. The average molecular weight is 349 g/mol. The van der Waals surface area contributed by atoms with Crippen molar-refractivity contribution in [2.75, 3.05) is 0 Å². The molecule has 0 atom stereocenters. The van der Waals surface area contributed by atoms with E-state index in [1.54, 1.807) is 16.6 Å². The third-order valence-corrected chi connectivity index (χ3v) is 4.82. The molecule has 0 fully saturated rings. The largest absolute Gasteiger partial charge is 0.508 e. The molecule has 4 aromatic rings. The summed E-state index contributed by atoms with van der Waals surface area (Å²) in [6.45, 7) is 0. The molecule has 124 valence electrons. The number of fused-ring (bicyclic) bond motifs is 1. The van der Waals surface area contributed by atoms with Crippen molar-refractivity contribution in [2.45, 2.75) is 12.8 Å². The van der Waals surface area contributed by atoms with Crippen molar-refractivity contribution in [3.63, 3.8) is 0 Å². The number of nitrogens with zero attached hydrogens (tertiary/aromatic N) is 3. The van der Waals surface area contributed by atoms with E-state index in [2.05, 4.69) is 10.1 Å². The number of hydrogen-bond donors (Lipinski definition) is 1. The summed E-state index contributed by atoms with van der Waals surface area (Å²) >= 11 is 1.41. The van der Waals surface area contributed by atoms with Gasteiger partial charge in [-0.2, -0.15) is 10.1 Å². The topological polar surface area (TPSA) is 67.5 Å². The molecule has 0 spiro atoms. The van der Waals surface area contributed by atoms with Crippen LogP contribution in [0.1, 0.15) is 22.5 Å². The number of aromatic nitrogens is 3. The summed E-state index contributed by atoms with van der Waals surface area (Å²) in [5, 5.41) is 15.9. The number of phenolic OH excluding ortho intramolecular Hbond substituents is 1. The molecule has 0 aliphatic rings. The molecule has 0 saturated heterocycles. The maximum absolute atomic E-state index is 12.2. The fraction of sp³-hybridized carbons (Fsp3) is 0.105. The van der Waals surface area contributed by atoms with E-state index < -0.39 is 0 Å². The molecule has 0 aliphatic carbocycles. The van der Waals surface area contributed by atoms with Gasteiger partial charge in [0.25, 0.3) is 5.56 Å². The van der Waals surface area contributed by atoms with Gasteiger partial charge in [0.15, 0.2) is 0 Å². The molecule has 1 N–H and O–H groups in total. The van der Waals surface area contributed by atoms with Crippen LogP contribution in [0.3, 0.4) is 0 Å². The minimum Gasteiger partial charge on any atom is -0.508 e. The smallest absolute Gasteiger partial charge is 0.296 e. The van der Waals surface area contributed by atoms with Crippen molar-refractivity contribution in [1.29, 1.82) is 0 Å². The first-order chi connectivity index (χ1) is 12.2. The Morgan fingerprint density at radius 2 is 1.68 bits per heavy atom. The van der Waals surface area contributed by atoms with Crippen LogP contribution in [0.5, 0.6) is 5.75 Å². The van der Waals surface area contributed by atoms with Gasteiger partial charge >= 0.3 is 0 Å². The van der Waals surface area contributed by atoms with Crippen LogP contribution in [0, 0.1) is 0 Å². The predicted molar refractivity (Wildman–Crippen MR) is 97.3 cm³/mol. The van der Waals surface area contributed by atoms with Crippen molar-refractivity contribution < 1.29 is 5.11 Å². The first-order valence-electron chi connectivity index (χ1n) is 7.87. The van der Waals surface area contributed by atoms with E-state index in [0.717, 1.165) is 16.8 Å². The van der Waals surface area contributed by atoms with Gasteiger partial charge in [-0.1, -0.05) is 42.5 Å². The second kappa shape index (κ2) is 6.49. The molecule has 2 aromatic heterocycles. The van der Waals surface area contributed by atoms with Crippen LogP contribution in [0.15, 0.2) is 64.8 Å². The molecule has 0 unspecified atom stereocenters. The van der Waals surface area contributed by atoms with Gasteiger partial charge in [0, 0.05) is 18.2 Å². The predicted octanol–water partition coefficient (Wildman–Crippen LogP) is 3.04. The van der Waals surface area contributed by atoms with Crippen LogP contribution in [0.2, 0.25) is 0 Å². The Balaban J connectivity index is 1.70. The monoisotopic (exact) mass is 349 g/mol. The van der Waals surface area contributed by atoms with E-state index >= 15 is 0 Å². The van der Waals surface area contributed by atoms with Crippen molar-refractivity contribution in [1.82, 2.24) is 14.6 Å². The third-order valence-electron chi connectivity index (χ3n) is 3.95. The van der Waals surface area contributed by atoms with E-state index in [1.807, 2.05) is 47.8 Å². The van der Waals surface area contributed by atoms with E-state index in [1.165, 1.54) is 11.3 Å². The molecule has 2 aromatic carbocycles. The molecule has 2 heterocycles. The molecular weight excluding hydrogens is 334 g/mol.